The molecule has 8 nitrogen and oxygen atoms in total. The molecule has 0 radical (unpaired) electrons. The minimum absolute atomic E-state index is 0.000104. The number of aromatic amines is 1. The van der Waals surface area contributed by atoms with Gasteiger partial charge in [0.15, 0.2) is 0 Å². The van der Waals surface area contributed by atoms with E-state index in [1.165, 1.54) is 11.3 Å². The third-order valence-corrected chi connectivity index (χ3v) is 7.40. The van der Waals surface area contributed by atoms with Gasteiger partial charge in [-0.15, -0.1) is 11.3 Å². The van der Waals surface area contributed by atoms with E-state index in [0.717, 1.165) is 24.2 Å². The van der Waals surface area contributed by atoms with Crippen LogP contribution in [0.4, 0.5) is 0 Å². The zero-order chi connectivity index (χ0) is 20.1. The van der Waals surface area contributed by atoms with Crippen molar-refractivity contribution in [2.75, 3.05) is 13.2 Å². The van der Waals surface area contributed by atoms with Crippen LogP contribution in [-0.2, 0) is 27.3 Å². The molecule has 3 fully saturated rings. The van der Waals surface area contributed by atoms with Crippen molar-refractivity contribution < 1.29 is 14.3 Å². The lowest BCUT2D eigenvalue weighted by molar-refractivity contribution is -0.170. The fourth-order valence-electron chi connectivity index (χ4n) is 5.23. The number of carbonyl (C=O) groups excluding carboxylic acids is 2. The molecule has 3 aliphatic rings. The summed E-state index contributed by atoms with van der Waals surface area (Å²) in [4.78, 5) is 33.4. The molecule has 0 spiro atoms. The summed E-state index contributed by atoms with van der Waals surface area (Å²) < 4.78 is 5.33. The molecule has 2 bridgehead atoms. The Morgan fingerprint density at radius 1 is 1.41 bits per heavy atom. The zero-order valence-electron chi connectivity index (χ0n) is 16.4. The van der Waals surface area contributed by atoms with Crippen LogP contribution in [0, 0.1) is 10.8 Å². The van der Waals surface area contributed by atoms with Crippen LogP contribution in [0.5, 0.6) is 0 Å². The van der Waals surface area contributed by atoms with Gasteiger partial charge in [-0.05, 0) is 32.3 Å². The maximum atomic E-state index is 13.5. The van der Waals surface area contributed by atoms with Gasteiger partial charge in [0.2, 0.25) is 11.8 Å². The highest BCUT2D eigenvalue weighted by Crippen LogP contribution is 2.53. The molecule has 5 heterocycles. The first-order valence-corrected chi connectivity index (χ1v) is 11.0. The highest BCUT2D eigenvalue weighted by molar-refractivity contribution is 7.07. The smallest absolute Gasteiger partial charge is 0.233 e. The Balaban J connectivity index is 1.43. The van der Waals surface area contributed by atoms with Gasteiger partial charge in [-0.3, -0.25) is 14.7 Å². The Bertz CT molecular complexity index is 895. The average molecular weight is 416 g/mol. The number of carbonyl (C=O) groups is 2. The first-order valence-electron chi connectivity index (χ1n) is 10.1. The number of hydrogen-bond acceptors (Lipinski definition) is 6. The minimum Gasteiger partial charge on any atom is -0.379 e. The molecule has 2 aromatic rings. The van der Waals surface area contributed by atoms with E-state index >= 15 is 0 Å². The second-order valence-corrected chi connectivity index (χ2v) is 9.51. The van der Waals surface area contributed by atoms with E-state index in [1.54, 1.807) is 11.7 Å². The molecule has 0 aromatic carbocycles. The molecule has 0 aliphatic carbocycles. The average Bonchev–Trinajstić information content (AvgIpc) is 3.48. The molecule has 2 N–H and O–H groups in total. The number of aromatic nitrogens is 3. The molecule has 3 atom stereocenters. The summed E-state index contributed by atoms with van der Waals surface area (Å²) in [5.74, 6) is 0.137. The van der Waals surface area contributed by atoms with E-state index in [9.17, 15) is 9.59 Å². The molecule has 2 aromatic heterocycles. The largest absolute Gasteiger partial charge is 0.379 e. The van der Waals surface area contributed by atoms with E-state index in [0.29, 0.717) is 32.6 Å². The van der Waals surface area contributed by atoms with Gasteiger partial charge in [0.05, 0.1) is 47.5 Å². The van der Waals surface area contributed by atoms with Gasteiger partial charge in [-0.1, -0.05) is 0 Å². The van der Waals surface area contributed by atoms with Gasteiger partial charge in [0.1, 0.15) is 0 Å². The molecule has 9 heteroatoms. The molecular weight excluding hydrogens is 390 g/mol. The Morgan fingerprint density at radius 3 is 2.93 bits per heavy atom. The van der Waals surface area contributed by atoms with Crippen LogP contribution in [0.1, 0.15) is 37.6 Å². The number of nitrogens with one attached hydrogen (secondary N) is 2. The molecule has 3 aliphatic heterocycles. The van der Waals surface area contributed by atoms with Crippen LogP contribution in [0.2, 0.25) is 0 Å². The first-order chi connectivity index (χ1) is 14.0. The summed E-state index contributed by atoms with van der Waals surface area (Å²) in [7, 11) is 0. The van der Waals surface area contributed by atoms with Gasteiger partial charge < -0.3 is 15.0 Å². The second-order valence-electron chi connectivity index (χ2n) is 8.79. The fraction of sp³-hybridized carbons (Fsp3) is 0.600. The summed E-state index contributed by atoms with van der Waals surface area (Å²) in [6.07, 6.45) is 4.73. The number of thiazole rings is 1. The van der Waals surface area contributed by atoms with Crippen molar-refractivity contribution in [3.05, 3.63) is 34.5 Å². The maximum Gasteiger partial charge on any atom is 0.233 e. The molecule has 0 saturated carbocycles. The van der Waals surface area contributed by atoms with Crippen molar-refractivity contribution in [2.45, 2.75) is 51.2 Å². The van der Waals surface area contributed by atoms with Gasteiger partial charge >= 0.3 is 0 Å². The van der Waals surface area contributed by atoms with E-state index in [-0.39, 0.29) is 23.9 Å². The fourth-order valence-corrected chi connectivity index (χ4v) is 5.79. The lowest BCUT2D eigenvalue weighted by Crippen LogP contribution is -2.57. The van der Waals surface area contributed by atoms with Gasteiger partial charge in [0, 0.05) is 30.1 Å². The lowest BCUT2D eigenvalue weighted by atomic mass is 9.70. The summed E-state index contributed by atoms with van der Waals surface area (Å²) >= 11 is 1.54. The van der Waals surface area contributed by atoms with E-state index in [4.69, 9.17) is 4.74 Å². The summed E-state index contributed by atoms with van der Waals surface area (Å²) in [5, 5.41) is 11.9. The summed E-state index contributed by atoms with van der Waals surface area (Å²) in [5.41, 5.74) is 2.48. The van der Waals surface area contributed by atoms with E-state index in [2.05, 4.69) is 20.5 Å². The number of nitrogens with zero attached hydrogens (tertiary/aromatic N) is 3. The van der Waals surface area contributed by atoms with Crippen molar-refractivity contribution in [3.8, 4) is 0 Å². The highest BCUT2D eigenvalue weighted by Gasteiger charge is 2.63. The van der Waals surface area contributed by atoms with Crippen molar-refractivity contribution in [2.24, 2.45) is 10.8 Å². The standard InChI is InChI=1S/C20H25N5O3S/c1-19(10-28-11-19)18(27)25-15-2-3-16(25)20(7-15,6-14-9-29-12-22-14)17(26)21-8-13-4-5-23-24-13/h4-5,9,12,15-16H,2-3,6-8,10-11H2,1H3,(H,21,26)(H,23,24)/t15-,16+,20+/m1/s1. The topological polar surface area (TPSA) is 100 Å². The number of rotatable bonds is 6. The van der Waals surface area contributed by atoms with Crippen molar-refractivity contribution in [1.82, 2.24) is 25.4 Å². The Labute approximate surface area is 173 Å². The number of amides is 2. The van der Waals surface area contributed by atoms with Crippen molar-refractivity contribution in [1.29, 1.82) is 0 Å². The molecule has 5 rings (SSSR count). The van der Waals surface area contributed by atoms with E-state index < -0.39 is 10.8 Å². The van der Waals surface area contributed by atoms with Crippen LogP contribution >= 0.6 is 11.3 Å². The van der Waals surface area contributed by atoms with Crippen LogP contribution in [0.25, 0.3) is 0 Å². The number of fused-ring (bicyclic) bond motifs is 2. The van der Waals surface area contributed by atoms with Crippen molar-refractivity contribution in [3.63, 3.8) is 0 Å². The molecule has 29 heavy (non-hydrogen) atoms. The third kappa shape index (κ3) is 2.98. The lowest BCUT2D eigenvalue weighted by Gasteiger charge is -2.42. The third-order valence-electron chi connectivity index (χ3n) is 6.76. The zero-order valence-corrected chi connectivity index (χ0v) is 17.2. The number of hydrogen-bond donors (Lipinski definition) is 2. The normalized spacial score (nSPS) is 29.6. The second kappa shape index (κ2) is 6.91. The Kier molecular flexibility index (Phi) is 4.47. The molecule has 0 unspecified atom stereocenters. The monoisotopic (exact) mass is 415 g/mol. The Hall–Kier alpha value is -2.26. The SMILES string of the molecule is CC1(C(=O)N2[C@@H]3CC[C@H]2[C@@](Cc2cscn2)(C(=O)NCc2ccn[nH]2)C3)COC1. The predicted molar refractivity (Wildman–Crippen MR) is 106 cm³/mol. The summed E-state index contributed by atoms with van der Waals surface area (Å²) in [6, 6.07) is 1.86. The Morgan fingerprint density at radius 2 is 2.28 bits per heavy atom. The number of ether oxygens (including phenoxy) is 1. The quantitative estimate of drug-likeness (QED) is 0.745. The molecule has 2 amide bonds. The highest BCUT2D eigenvalue weighted by atomic mass is 32.1. The van der Waals surface area contributed by atoms with E-state index in [1.807, 2.05) is 23.3 Å². The predicted octanol–water partition coefficient (Wildman–Crippen LogP) is 1.51. The van der Waals surface area contributed by atoms with Gasteiger partial charge in [-0.2, -0.15) is 5.10 Å². The van der Waals surface area contributed by atoms with Gasteiger partial charge in [-0.25, -0.2) is 4.98 Å². The first kappa shape index (κ1) is 18.7. The van der Waals surface area contributed by atoms with Crippen LogP contribution in [0.3, 0.4) is 0 Å². The van der Waals surface area contributed by atoms with Gasteiger partial charge in [0.25, 0.3) is 0 Å². The van der Waals surface area contributed by atoms with Crippen molar-refractivity contribution >= 4 is 23.2 Å². The molecular formula is C20H25N5O3S. The number of H-pyrrole nitrogens is 1. The van der Waals surface area contributed by atoms with Crippen LogP contribution < -0.4 is 5.32 Å². The molecule has 154 valence electrons. The minimum atomic E-state index is -0.645. The summed E-state index contributed by atoms with van der Waals surface area (Å²) in [6.45, 7) is 3.30. The van der Waals surface area contributed by atoms with Crippen LogP contribution in [-0.4, -0.2) is 57.2 Å². The maximum absolute atomic E-state index is 13.5. The molecule has 3 saturated heterocycles. The van der Waals surface area contributed by atoms with Crippen LogP contribution in [0.15, 0.2) is 23.2 Å².